The van der Waals surface area contributed by atoms with Crippen LogP contribution in [-0.4, -0.2) is 22.1 Å². The van der Waals surface area contributed by atoms with Crippen LogP contribution in [0.15, 0.2) is 24.3 Å². The van der Waals surface area contributed by atoms with Crippen molar-refractivity contribution in [1.82, 2.24) is 15.0 Å². The fourth-order valence-corrected chi connectivity index (χ4v) is 4.98. The molecular formula is C23H24F3N5O. The van der Waals surface area contributed by atoms with E-state index in [-0.39, 0.29) is 11.1 Å². The van der Waals surface area contributed by atoms with E-state index in [0.29, 0.717) is 28.7 Å². The van der Waals surface area contributed by atoms with Crippen LogP contribution in [0.5, 0.6) is 5.88 Å². The van der Waals surface area contributed by atoms with Gasteiger partial charge in [0, 0.05) is 16.7 Å². The monoisotopic (exact) mass is 443 g/mol. The topological polar surface area (TPSA) is 86.0 Å². The molecule has 0 radical (unpaired) electrons. The number of aromatic nitrogens is 3. The lowest BCUT2D eigenvalue weighted by Crippen LogP contribution is -2.55. The maximum atomic E-state index is 13.3. The summed E-state index contributed by atoms with van der Waals surface area (Å²) in [6.07, 6.45) is -1.08. The van der Waals surface area contributed by atoms with Crippen molar-refractivity contribution in [1.29, 1.82) is 0 Å². The first-order chi connectivity index (χ1) is 15.1. The van der Waals surface area contributed by atoms with Crippen LogP contribution in [0.3, 0.4) is 0 Å². The number of nitrogen functional groups attached to an aromatic ring is 1. The molecule has 1 aromatic carbocycles. The number of nitrogens with one attached hydrogen (secondary N) is 1. The lowest BCUT2D eigenvalue weighted by Gasteiger charge is -2.62. The molecule has 2 aromatic heterocycles. The number of benzene rings is 1. The van der Waals surface area contributed by atoms with Crippen LogP contribution in [0, 0.1) is 12.8 Å². The van der Waals surface area contributed by atoms with Crippen LogP contribution in [-0.2, 0) is 11.6 Å². The Labute approximate surface area is 183 Å². The number of nitrogens with zero attached hydrogens (tertiary/aromatic N) is 3. The molecule has 3 N–H and O–H groups in total. The minimum Gasteiger partial charge on any atom is -0.481 e. The van der Waals surface area contributed by atoms with Crippen molar-refractivity contribution in [3.05, 3.63) is 46.8 Å². The first-order valence-corrected chi connectivity index (χ1v) is 10.6. The van der Waals surface area contributed by atoms with Gasteiger partial charge in [0.05, 0.1) is 24.1 Å². The van der Waals surface area contributed by atoms with Gasteiger partial charge >= 0.3 is 6.18 Å². The van der Waals surface area contributed by atoms with Crippen LogP contribution in [0.4, 0.5) is 24.7 Å². The number of ether oxygens (including phenoxy) is 1. The molecule has 6 rings (SSSR count). The molecule has 1 atom stereocenters. The number of fused-ring (bicyclic) bond motifs is 1. The Morgan fingerprint density at radius 2 is 1.84 bits per heavy atom. The van der Waals surface area contributed by atoms with Crippen LogP contribution in [0.2, 0.25) is 0 Å². The number of alkyl halides is 3. The average molecular weight is 443 g/mol. The van der Waals surface area contributed by atoms with E-state index in [0.717, 1.165) is 48.3 Å². The quantitative estimate of drug-likeness (QED) is 0.530. The summed E-state index contributed by atoms with van der Waals surface area (Å²) in [7, 11) is 1.61. The van der Waals surface area contributed by atoms with Gasteiger partial charge in [-0.15, -0.1) is 0 Å². The van der Waals surface area contributed by atoms with Gasteiger partial charge in [-0.2, -0.15) is 18.2 Å². The highest BCUT2D eigenvalue weighted by Gasteiger charge is 2.58. The highest BCUT2D eigenvalue weighted by Crippen LogP contribution is 2.66. The fourth-order valence-electron chi connectivity index (χ4n) is 4.98. The lowest BCUT2D eigenvalue weighted by molar-refractivity contribution is -0.137. The highest BCUT2D eigenvalue weighted by molar-refractivity contribution is 5.88. The first-order valence-electron chi connectivity index (χ1n) is 10.6. The Morgan fingerprint density at radius 3 is 2.44 bits per heavy atom. The molecule has 2 heterocycles. The van der Waals surface area contributed by atoms with E-state index in [1.165, 1.54) is 6.07 Å². The van der Waals surface area contributed by atoms with Crippen molar-refractivity contribution >= 4 is 22.5 Å². The van der Waals surface area contributed by atoms with Gasteiger partial charge in [-0.25, -0.2) is 9.97 Å². The first kappa shape index (κ1) is 20.8. The molecule has 32 heavy (non-hydrogen) atoms. The molecule has 2 bridgehead atoms. The smallest absolute Gasteiger partial charge is 0.416 e. The summed E-state index contributed by atoms with van der Waals surface area (Å²) in [5.74, 6) is 2.40. The number of rotatable bonds is 5. The van der Waals surface area contributed by atoms with Gasteiger partial charge in [-0.3, -0.25) is 0 Å². The fraction of sp³-hybridized carbons (Fsp3) is 0.435. The van der Waals surface area contributed by atoms with E-state index >= 15 is 0 Å². The lowest BCUT2D eigenvalue weighted by atomic mass is 9.42. The summed E-state index contributed by atoms with van der Waals surface area (Å²) < 4.78 is 45.3. The van der Waals surface area contributed by atoms with E-state index in [1.54, 1.807) is 21.0 Å². The van der Waals surface area contributed by atoms with E-state index in [4.69, 9.17) is 10.5 Å². The SMILES string of the molecule is COc1nc2nc(C)nc(N[C@H](C)c3cc(N)cc(C(F)(F)F)c3)c2cc1C12CC(C1)C2. The summed E-state index contributed by atoms with van der Waals surface area (Å²) in [6, 6.07) is 5.15. The maximum absolute atomic E-state index is 13.3. The standard InChI is InChI=1S/C23H24F3N5O/c1-11(14-4-15(23(24,25)26)6-16(27)5-14)28-19-17-7-18(22-8-13(9-22)10-22)21(32-3)31-20(17)30-12(2)29-19/h4-7,11,13H,8-10,27H2,1-3H3,(H,28,29,30,31)/t11-,13?,22?/m1/s1. The molecule has 0 spiro atoms. The molecule has 3 aromatic rings. The van der Waals surface area contributed by atoms with Crippen LogP contribution < -0.4 is 15.8 Å². The van der Waals surface area contributed by atoms with Gasteiger partial charge in [0.1, 0.15) is 11.6 Å². The Bertz CT molecular complexity index is 1210. The van der Waals surface area contributed by atoms with Gasteiger partial charge in [0.15, 0.2) is 5.65 Å². The van der Waals surface area contributed by atoms with E-state index < -0.39 is 17.8 Å². The van der Waals surface area contributed by atoms with Crippen LogP contribution in [0.25, 0.3) is 11.0 Å². The number of hydrogen-bond acceptors (Lipinski definition) is 6. The molecule has 3 aliphatic carbocycles. The van der Waals surface area contributed by atoms with Crippen LogP contribution in [0.1, 0.15) is 54.7 Å². The Hall–Kier alpha value is -3.10. The van der Waals surface area contributed by atoms with Crippen molar-refractivity contribution in [2.24, 2.45) is 5.92 Å². The summed E-state index contributed by atoms with van der Waals surface area (Å²) in [5, 5.41) is 3.98. The molecule has 0 amide bonds. The molecule has 0 saturated heterocycles. The number of nitrogens with two attached hydrogens (primary N) is 1. The summed E-state index contributed by atoms with van der Waals surface area (Å²) >= 11 is 0. The van der Waals surface area contributed by atoms with Gasteiger partial charge in [-0.05, 0) is 68.9 Å². The number of methoxy groups -OCH3 is 1. The molecule has 0 unspecified atom stereocenters. The van der Waals surface area contributed by atoms with Gasteiger partial charge in [-0.1, -0.05) is 0 Å². The zero-order valence-corrected chi connectivity index (χ0v) is 18.0. The van der Waals surface area contributed by atoms with Crippen molar-refractivity contribution in [2.45, 2.75) is 50.7 Å². The molecule has 3 fully saturated rings. The Kier molecular flexibility index (Phi) is 4.51. The van der Waals surface area contributed by atoms with Crippen molar-refractivity contribution < 1.29 is 17.9 Å². The second-order valence-electron chi connectivity index (χ2n) is 9.05. The van der Waals surface area contributed by atoms with Gasteiger partial charge < -0.3 is 15.8 Å². The second-order valence-corrected chi connectivity index (χ2v) is 9.05. The Balaban J connectivity index is 1.55. The number of aryl methyl sites for hydroxylation is 1. The number of pyridine rings is 1. The third-order valence-corrected chi connectivity index (χ3v) is 6.73. The average Bonchev–Trinajstić information content (AvgIpc) is 2.64. The van der Waals surface area contributed by atoms with Gasteiger partial charge in [0.25, 0.3) is 0 Å². The maximum Gasteiger partial charge on any atom is 0.416 e. The molecule has 9 heteroatoms. The minimum absolute atomic E-state index is 0.0597. The minimum atomic E-state index is -4.47. The van der Waals surface area contributed by atoms with Crippen molar-refractivity contribution in [3.63, 3.8) is 0 Å². The predicted octanol–water partition coefficient (Wildman–Crippen LogP) is 5.17. The third-order valence-electron chi connectivity index (χ3n) is 6.73. The largest absolute Gasteiger partial charge is 0.481 e. The number of hydrogen-bond donors (Lipinski definition) is 2. The third kappa shape index (κ3) is 3.30. The van der Waals surface area contributed by atoms with E-state index in [9.17, 15) is 13.2 Å². The van der Waals surface area contributed by atoms with Crippen molar-refractivity contribution in [3.8, 4) is 5.88 Å². The molecule has 3 saturated carbocycles. The summed E-state index contributed by atoms with van der Waals surface area (Å²) in [6.45, 7) is 3.53. The predicted molar refractivity (Wildman–Crippen MR) is 116 cm³/mol. The zero-order valence-electron chi connectivity index (χ0n) is 18.0. The number of halogens is 3. The highest BCUT2D eigenvalue weighted by atomic mass is 19.4. The van der Waals surface area contributed by atoms with Gasteiger partial charge in [0.2, 0.25) is 5.88 Å². The van der Waals surface area contributed by atoms with Crippen LogP contribution >= 0.6 is 0 Å². The van der Waals surface area contributed by atoms with E-state index in [2.05, 4.69) is 20.3 Å². The molecule has 6 nitrogen and oxygen atoms in total. The molecular weight excluding hydrogens is 419 g/mol. The second kappa shape index (κ2) is 6.95. The molecule has 168 valence electrons. The molecule has 0 aliphatic heterocycles. The van der Waals surface area contributed by atoms with E-state index in [1.807, 2.05) is 6.07 Å². The van der Waals surface area contributed by atoms with Crippen molar-refractivity contribution in [2.75, 3.05) is 18.2 Å². The molecule has 3 aliphatic rings. The summed E-state index contributed by atoms with van der Waals surface area (Å²) in [5.41, 5.74) is 7.11. The number of anilines is 2. The normalized spacial score (nSPS) is 22.8. The zero-order chi connectivity index (χ0) is 22.8. The summed E-state index contributed by atoms with van der Waals surface area (Å²) in [4.78, 5) is 13.6. The Morgan fingerprint density at radius 1 is 1.12 bits per heavy atom.